The SMILES string of the molecule is CCC1(n2cc(C(N)=O)c(NC(=O)OC)n2)CCN(Cc2ccc(-c3ccccc3)c(O)c2F)CC1F. The van der Waals surface area contributed by atoms with E-state index in [1.807, 2.05) is 6.07 Å². The van der Waals surface area contributed by atoms with Gasteiger partial charge >= 0.3 is 6.09 Å². The number of amides is 2. The smallest absolute Gasteiger partial charge is 0.412 e. The summed E-state index contributed by atoms with van der Waals surface area (Å²) in [6.45, 7) is 2.29. The van der Waals surface area contributed by atoms with Crippen LogP contribution in [0.5, 0.6) is 5.75 Å². The van der Waals surface area contributed by atoms with Crippen LogP contribution in [0.2, 0.25) is 0 Å². The Morgan fingerprint density at radius 1 is 1.27 bits per heavy atom. The van der Waals surface area contributed by atoms with Crippen LogP contribution in [-0.2, 0) is 16.8 Å². The van der Waals surface area contributed by atoms with E-state index in [1.54, 1.807) is 48.2 Å². The number of nitrogens with two attached hydrogens (primary N) is 1. The molecule has 1 saturated heterocycles. The molecule has 4 N–H and O–H groups in total. The van der Waals surface area contributed by atoms with Gasteiger partial charge in [-0.25, -0.2) is 13.6 Å². The Kier molecular flexibility index (Phi) is 7.44. The van der Waals surface area contributed by atoms with Crippen LogP contribution in [-0.4, -0.2) is 58.2 Å². The molecule has 2 unspecified atom stereocenters. The number of hydrogen-bond donors (Lipinski definition) is 3. The van der Waals surface area contributed by atoms with E-state index in [1.165, 1.54) is 10.9 Å². The topological polar surface area (TPSA) is 123 Å². The highest BCUT2D eigenvalue weighted by Crippen LogP contribution is 2.38. The van der Waals surface area contributed by atoms with E-state index < -0.39 is 35.3 Å². The quantitative estimate of drug-likeness (QED) is 0.439. The monoisotopic (exact) mass is 513 g/mol. The molecular formula is C26H29F2N5O4. The number of piperidine rings is 1. The number of hydrogen-bond acceptors (Lipinski definition) is 6. The third kappa shape index (κ3) is 4.99. The van der Waals surface area contributed by atoms with Crippen LogP contribution in [0, 0.1) is 5.82 Å². The van der Waals surface area contributed by atoms with Gasteiger partial charge in [0.05, 0.1) is 12.6 Å². The van der Waals surface area contributed by atoms with Crippen molar-refractivity contribution < 1.29 is 28.2 Å². The van der Waals surface area contributed by atoms with E-state index in [-0.39, 0.29) is 30.0 Å². The lowest BCUT2D eigenvalue weighted by atomic mass is 9.83. The van der Waals surface area contributed by atoms with Gasteiger partial charge in [-0.15, -0.1) is 0 Å². The molecule has 11 heteroatoms. The Bertz CT molecular complexity index is 1300. The largest absolute Gasteiger partial charge is 0.504 e. The summed E-state index contributed by atoms with van der Waals surface area (Å²) >= 11 is 0. The standard InChI is InChI=1S/C26H29F2N5O4/c1-3-26(33-14-19(23(29)35)24(31-33)30-25(36)37-2)11-12-32(15-20(26)27)13-17-9-10-18(22(34)21(17)28)16-7-5-4-6-8-16/h4-10,14,20,34H,3,11-13,15H2,1-2H3,(H2,29,35)(H,30,31,36). The highest BCUT2D eigenvalue weighted by atomic mass is 19.1. The maximum absolute atomic E-state index is 15.8. The summed E-state index contributed by atoms with van der Waals surface area (Å²) < 4.78 is 36.8. The Labute approximate surface area is 212 Å². The second-order valence-electron chi connectivity index (χ2n) is 9.03. The Balaban J connectivity index is 1.54. The molecule has 2 aromatic carbocycles. The molecular weight excluding hydrogens is 484 g/mol. The van der Waals surface area contributed by atoms with Crippen molar-refractivity contribution in [3.05, 3.63) is 65.6 Å². The van der Waals surface area contributed by atoms with E-state index in [4.69, 9.17) is 5.73 Å². The van der Waals surface area contributed by atoms with E-state index in [2.05, 4.69) is 15.2 Å². The minimum atomic E-state index is -1.43. The number of primary amides is 1. The number of nitrogens with one attached hydrogen (secondary N) is 1. The molecule has 1 aliphatic rings. The van der Waals surface area contributed by atoms with Gasteiger partial charge in [0.1, 0.15) is 11.7 Å². The first-order valence-electron chi connectivity index (χ1n) is 11.9. The number of phenols is 1. The van der Waals surface area contributed by atoms with Crippen molar-refractivity contribution in [1.82, 2.24) is 14.7 Å². The number of nitrogens with zero attached hydrogens (tertiary/aromatic N) is 3. The minimum absolute atomic E-state index is 0.0278. The number of aromatic nitrogens is 2. The van der Waals surface area contributed by atoms with Crippen molar-refractivity contribution in [1.29, 1.82) is 0 Å². The van der Waals surface area contributed by atoms with Crippen LogP contribution in [0.3, 0.4) is 0 Å². The number of methoxy groups -OCH3 is 1. The van der Waals surface area contributed by atoms with Gasteiger partial charge in [-0.2, -0.15) is 5.10 Å². The van der Waals surface area contributed by atoms with Crippen LogP contribution in [0.1, 0.15) is 35.7 Å². The van der Waals surface area contributed by atoms with Crippen molar-refractivity contribution in [3.8, 4) is 16.9 Å². The van der Waals surface area contributed by atoms with Gasteiger partial charge in [-0.1, -0.05) is 49.4 Å². The minimum Gasteiger partial charge on any atom is -0.504 e. The summed E-state index contributed by atoms with van der Waals surface area (Å²) in [7, 11) is 1.16. The molecule has 1 aliphatic heterocycles. The van der Waals surface area contributed by atoms with Crippen LogP contribution in [0.4, 0.5) is 19.4 Å². The summed E-state index contributed by atoms with van der Waals surface area (Å²) in [6, 6.07) is 12.3. The van der Waals surface area contributed by atoms with Gasteiger partial charge < -0.3 is 15.6 Å². The second kappa shape index (κ2) is 10.6. The van der Waals surface area contributed by atoms with Crippen molar-refractivity contribution >= 4 is 17.8 Å². The number of ether oxygens (including phenoxy) is 1. The first-order valence-corrected chi connectivity index (χ1v) is 11.9. The lowest BCUT2D eigenvalue weighted by Crippen LogP contribution is -2.54. The van der Waals surface area contributed by atoms with Gasteiger partial charge in [0, 0.05) is 37.0 Å². The Morgan fingerprint density at radius 3 is 2.62 bits per heavy atom. The van der Waals surface area contributed by atoms with E-state index in [9.17, 15) is 14.7 Å². The zero-order chi connectivity index (χ0) is 26.7. The third-order valence-corrected chi connectivity index (χ3v) is 6.99. The van der Waals surface area contributed by atoms with Gasteiger partial charge in [-0.05, 0) is 18.4 Å². The molecule has 37 heavy (non-hydrogen) atoms. The van der Waals surface area contributed by atoms with Crippen LogP contribution >= 0.6 is 0 Å². The lowest BCUT2D eigenvalue weighted by Gasteiger charge is -2.44. The number of benzene rings is 2. The summed E-state index contributed by atoms with van der Waals surface area (Å²) in [6.07, 6.45) is -0.288. The van der Waals surface area contributed by atoms with Crippen molar-refractivity contribution in [2.75, 3.05) is 25.5 Å². The number of carbonyl (C=O) groups is 2. The molecule has 9 nitrogen and oxygen atoms in total. The molecule has 0 spiro atoms. The molecule has 2 atom stereocenters. The summed E-state index contributed by atoms with van der Waals surface area (Å²) in [4.78, 5) is 25.3. The average Bonchev–Trinajstić information content (AvgIpc) is 3.32. The third-order valence-electron chi connectivity index (χ3n) is 6.99. The maximum Gasteiger partial charge on any atom is 0.412 e. The Hall–Kier alpha value is -3.99. The van der Waals surface area contributed by atoms with E-state index in [0.717, 1.165) is 7.11 Å². The van der Waals surface area contributed by atoms with Crippen molar-refractivity contribution in [2.24, 2.45) is 5.73 Å². The number of alkyl halides is 1. The molecule has 1 fully saturated rings. The van der Waals surface area contributed by atoms with Crippen molar-refractivity contribution in [3.63, 3.8) is 0 Å². The fourth-order valence-corrected chi connectivity index (χ4v) is 4.80. The van der Waals surface area contributed by atoms with Gasteiger partial charge in [0.25, 0.3) is 5.91 Å². The van der Waals surface area contributed by atoms with Crippen molar-refractivity contribution in [2.45, 2.75) is 38.0 Å². The first kappa shape index (κ1) is 26.1. The molecule has 0 saturated carbocycles. The molecule has 0 radical (unpaired) electrons. The predicted octanol–water partition coefficient (Wildman–Crippen LogP) is 4.02. The normalized spacial score (nSPS) is 19.9. The summed E-state index contributed by atoms with van der Waals surface area (Å²) in [5.74, 6) is -2.12. The zero-order valence-corrected chi connectivity index (χ0v) is 20.6. The first-order chi connectivity index (χ1) is 17.7. The fraction of sp³-hybridized carbons (Fsp3) is 0.346. The molecule has 0 bridgehead atoms. The molecule has 0 aliphatic carbocycles. The fourth-order valence-electron chi connectivity index (χ4n) is 4.80. The summed E-state index contributed by atoms with van der Waals surface area (Å²) in [5, 5.41) is 17.1. The molecule has 1 aromatic heterocycles. The highest BCUT2D eigenvalue weighted by Gasteiger charge is 2.45. The number of carbonyl (C=O) groups excluding carboxylic acids is 2. The average molecular weight is 514 g/mol. The molecule has 196 valence electrons. The number of halogens is 2. The second-order valence-corrected chi connectivity index (χ2v) is 9.03. The van der Waals surface area contributed by atoms with Gasteiger partial charge in [0.15, 0.2) is 17.4 Å². The Morgan fingerprint density at radius 2 is 2.00 bits per heavy atom. The number of phenolic OH excluding ortho intramolecular Hbond substituents is 1. The van der Waals surface area contributed by atoms with Crippen LogP contribution in [0.15, 0.2) is 48.7 Å². The van der Waals surface area contributed by atoms with E-state index in [0.29, 0.717) is 30.5 Å². The lowest BCUT2D eigenvalue weighted by molar-refractivity contribution is 0.00120. The molecule has 3 aromatic rings. The maximum atomic E-state index is 15.8. The van der Waals surface area contributed by atoms with Crippen LogP contribution in [0.25, 0.3) is 11.1 Å². The van der Waals surface area contributed by atoms with Gasteiger partial charge in [0.2, 0.25) is 0 Å². The van der Waals surface area contributed by atoms with Gasteiger partial charge in [-0.3, -0.25) is 19.7 Å². The number of rotatable bonds is 7. The van der Waals surface area contributed by atoms with E-state index >= 15 is 8.78 Å². The number of anilines is 1. The predicted molar refractivity (Wildman–Crippen MR) is 133 cm³/mol. The van der Waals surface area contributed by atoms with Crippen LogP contribution < -0.4 is 11.1 Å². The zero-order valence-electron chi connectivity index (χ0n) is 20.6. The molecule has 2 amide bonds. The molecule has 2 heterocycles. The number of likely N-dealkylation sites (tertiary alicyclic amines) is 1. The highest BCUT2D eigenvalue weighted by molar-refractivity contribution is 6.00. The molecule has 4 rings (SSSR count). The number of aromatic hydroxyl groups is 1. The summed E-state index contributed by atoms with van der Waals surface area (Å²) in [5.41, 5.74) is 5.60.